The van der Waals surface area contributed by atoms with Crippen molar-refractivity contribution < 1.29 is 9.47 Å². The normalized spacial score (nSPS) is 18.4. The second-order valence-corrected chi connectivity index (χ2v) is 8.31. The summed E-state index contributed by atoms with van der Waals surface area (Å²) in [5.74, 6) is 2.40. The highest BCUT2D eigenvalue weighted by molar-refractivity contribution is 5.85. The first-order valence-electron chi connectivity index (χ1n) is 11.1. The lowest BCUT2D eigenvalue weighted by atomic mass is 9.80. The molecule has 2 aromatic rings. The van der Waals surface area contributed by atoms with Crippen LogP contribution in [0, 0.1) is 5.92 Å². The van der Waals surface area contributed by atoms with Crippen LogP contribution in [0.3, 0.4) is 0 Å². The topological polar surface area (TPSA) is 33.7 Å². The summed E-state index contributed by atoms with van der Waals surface area (Å²) in [6, 6.07) is 17.4. The number of ether oxygens (including phenoxy) is 2. The number of benzene rings is 2. The highest BCUT2D eigenvalue weighted by Gasteiger charge is 2.31. The molecule has 6 heteroatoms. The Morgan fingerprint density at radius 1 is 0.935 bits per heavy atom. The van der Waals surface area contributed by atoms with Crippen molar-refractivity contribution in [2.75, 3.05) is 33.3 Å². The largest absolute Gasteiger partial charge is 0.493 e. The molecule has 4 rings (SSSR count). The summed E-state index contributed by atoms with van der Waals surface area (Å²) < 4.78 is 11.8. The summed E-state index contributed by atoms with van der Waals surface area (Å²) in [6.07, 6.45) is 6.78. The minimum absolute atomic E-state index is 0. The second-order valence-electron chi connectivity index (χ2n) is 8.31. The van der Waals surface area contributed by atoms with Crippen molar-refractivity contribution >= 4 is 24.8 Å². The smallest absolute Gasteiger partial charge is 0.161 e. The van der Waals surface area contributed by atoms with Crippen LogP contribution in [0.2, 0.25) is 0 Å². The van der Waals surface area contributed by atoms with Gasteiger partial charge in [-0.3, -0.25) is 4.90 Å². The summed E-state index contributed by atoms with van der Waals surface area (Å²) in [4.78, 5) is 2.69. The van der Waals surface area contributed by atoms with E-state index in [1.54, 1.807) is 7.11 Å². The van der Waals surface area contributed by atoms with Gasteiger partial charge in [-0.2, -0.15) is 0 Å². The van der Waals surface area contributed by atoms with Crippen LogP contribution < -0.4 is 14.8 Å². The molecule has 1 atom stereocenters. The summed E-state index contributed by atoms with van der Waals surface area (Å²) >= 11 is 0. The first kappa shape index (κ1) is 25.8. The molecule has 1 heterocycles. The first-order chi connectivity index (χ1) is 14.3. The fraction of sp³-hybridized carbons (Fsp3) is 0.520. The van der Waals surface area contributed by atoms with Gasteiger partial charge in [0.25, 0.3) is 0 Å². The van der Waals surface area contributed by atoms with Gasteiger partial charge >= 0.3 is 0 Å². The predicted molar refractivity (Wildman–Crippen MR) is 132 cm³/mol. The summed E-state index contributed by atoms with van der Waals surface area (Å²) in [6.45, 7) is 4.96. The Kier molecular flexibility index (Phi) is 11.0. The lowest BCUT2D eigenvalue weighted by Gasteiger charge is -2.41. The van der Waals surface area contributed by atoms with E-state index in [0.29, 0.717) is 12.6 Å². The molecule has 2 aromatic carbocycles. The van der Waals surface area contributed by atoms with Gasteiger partial charge in [-0.15, -0.1) is 24.8 Å². The number of nitrogens with one attached hydrogen (secondary N) is 1. The standard InChI is InChI=1S/C25H34N2O2.2ClH/c1-28-23-13-12-22(18-24(23)29-19-20-8-4-2-5-9-20)25(21-10-6-3-7-11-21)27-16-14-26-15-17-27;;/h2,4-5,8-9,12-13,18,21,25-26H,3,6-7,10-11,14-17,19H2,1H3;2*1H/t25-;;/m0../s1. The Morgan fingerprint density at radius 2 is 1.65 bits per heavy atom. The van der Waals surface area contributed by atoms with E-state index in [1.165, 1.54) is 43.2 Å². The monoisotopic (exact) mass is 466 g/mol. The third-order valence-electron chi connectivity index (χ3n) is 6.41. The van der Waals surface area contributed by atoms with Crippen LogP contribution in [0.5, 0.6) is 11.5 Å². The van der Waals surface area contributed by atoms with Crippen LogP contribution in [-0.2, 0) is 6.61 Å². The average molecular weight is 467 g/mol. The quantitative estimate of drug-likeness (QED) is 0.571. The van der Waals surface area contributed by atoms with E-state index >= 15 is 0 Å². The maximum Gasteiger partial charge on any atom is 0.161 e. The van der Waals surface area contributed by atoms with Crippen LogP contribution in [0.4, 0.5) is 0 Å². The number of halogens is 2. The van der Waals surface area contributed by atoms with Crippen molar-refractivity contribution in [3.8, 4) is 11.5 Å². The van der Waals surface area contributed by atoms with E-state index < -0.39 is 0 Å². The van der Waals surface area contributed by atoms with Crippen molar-refractivity contribution in [1.82, 2.24) is 10.2 Å². The maximum absolute atomic E-state index is 6.22. The minimum atomic E-state index is 0. The van der Waals surface area contributed by atoms with Gasteiger partial charge in [0.05, 0.1) is 7.11 Å². The van der Waals surface area contributed by atoms with Gasteiger partial charge in [0.1, 0.15) is 6.61 Å². The fourth-order valence-electron chi connectivity index (χ4n) is 4.92. The van der Waals surface area contributed by atoms with E-state index in [0.717, 1.165) is 43.6 Å². The fourth-order valence-corrected chi connectivity index (χ4v) is 4.92. The third kappa shape index (κ3) is 6.76. The molecule has 1 N–H and O–H groups in total. The molecule has 172 valence electrons. The van der Waals surface area contributed by atoms with Gasteiger partial charge in [-0.25, -0.2) is 0 Å². The number of rotatable bonds is 7. The SMILES string of the molecule is COc1ccc([C@H](C2CCCCC2)N2CCNCC2)cc1OCc1ccccc1.Cl.Cl. The Morgan fingerprint density at radius 3 is 2.32 bits per heavy atom. The summed E-state index contributed by atoms with van der Waals surface area (Å²) in [5, 5.41) is 3.51. The minimum Gasteiger partial charge on any atom is -0.493 e. The van der Waals surface area contributed by atoms with Crippen LogP contribution in [0.15, 0.2) is 48.5 Å². The van der Waals surface area contributed by atoms with Gasteiger partial charge in [-0.1, -0.05) is 55.7 Å². The van der Waals surface area contributed by atoms with Gasteiger partial charge in [-0.05, 0) is 42.0 Å². The van der Waals surface area contributed by atoms with Crippen molar-refractivity contribution in [3.63, 3.8) is 0 Å². The highest BCUT2D eigenvalue weighted by atomic mass is 35.5. The molecular weight excluding hydrogens is 431 g/mol. The van der Waals surface area contributed by atoms with Crippen molar-refractivity contribution in [3.05, 3.63) is 59.7 Å². The van der Waals surface area contributed by atoms with E-state index in [2.05, 4.69) is 52.7 Å². The van der Waals surface area contributed by atoms with Crippen molar-refractivity contribution in [1.29, 1.82) is 0 Å². The molecule has 1 aliphatic carbocycles. The van der Waals surface area contributed by atoms with Crippen LogP contribution >= 0.6 is 24.8 Å². The Hall–Kier alpha value is -1.46. The van der Waals surface area contributed by atoms with Gasteiger partial charge < -0.3 is 14.8 Å². The average Bonchev–Trinajstić information content (AvgIpc) is 2.80. The second kappa shape index (κ2) is 13.2. The molecule has 2 aliphatic rings. The van der Waals surface area contributed by atoms with E-state index in [1.807, 2.05) is 6.07 Å². The van der Waals surface area contributed by atoms with E-state index in [9.17, 15) is 0 Å². The molecular formula is C25H36Cl2N2O2. The number of methoxy groups -OCH3 is 1. The lowest BCUT2D eigenvalue weighted by molar-refractivity contribution is 0.103. The van der Waals surface area contributed by atoms with Gasteiger partial charge in [0.15, 0.2) is 11.5 Å². The first-order valence-corrected chi connectivity index (χ1v) is 11.1. The number of hydrogen-bond acceptors (Lipinski definition) is 4. The summed E-state index contributed by atoms with van der Waals surface area (Å²) in [5.41, 5.74) is 2.55. The molecule has 2 fully saturated rings. The van der Waals surface area contributed by atoms with Crippen molar-refractivity contribution in [2.45, 2.75) is 44.8 Å². The third-order valence-corrected chi connectivity index (χ3v) is 6.41. The summed E-state index contributed by atoms with van der Waals surface area (Å²) in [7, 11) is 1.72. The molecule has 31 heavy (non-hydrogen) atoms. The highest BCUT2D eigenvalue weighted by Crippen LogP contribution is 2.41. The van der Waals surface area contributed by atoms with Crippen LogP contribution in [0.1, 0.15) is 49.3 Å². The molecule has 4 nitrogen and oxygen atoms in total. The zero-order chi connectivity index (χ0) is 19.9. The molecule has 0 amide bonds. The molecule has 0 aromatic heterocycles. The Bertz CT molecular complexity index is 745. The maximum atomic E-state index is 6.22. The zero-order valence-corrected chi connectivity index (χ0v) is 20.1. The molecule has 0 unspecified atom stereocenters. The molecule has 1 saturated carbocycles. The molecule has 0 bridgehead atoms. The number of piperazine rings is 1. The van der Waals surface area contributed by atoms with E-state index in [4.69, 9.17) is 9.47 Å². The lowest BCUT2D eigenvalue weighted by Crippen LogP contribution is -2.47. The van der Waals surface area contributed by atoms with E-state index in [-0.39, 0.29) is 24.8 Å². The molecule has 1 aliphatic heterocycles. The molecule has 1 saturated heterocycles. The van der Waals surface area contributed by atoms with Crippen LogP contribution in [0.25, 0.3) is 0 Å². The van der Waals surface area contributed by atoms with Gasteiger partial charge in [0.2, 0.25) is 0 Å². The van der Waals surface area contributed by atoms with Gasteiger partial charge in [0, 0.05) is 32.2 Å². The number of hydrogen-bond donors (Lipinski definition) is 1. The van der Waals surface area contributed by atoms with Crippen LogP contribution in [-0.4, -0.2) is 38.2 Å². The Balaban J connectivity index is 0.00000171. The number of nitrogens with zero attached hydrogens (tertiary/aromatic N) is 1. The zero-order valence-electron chi connectivity index (χ0n) is 18.4. The molecule has 0 radical (unpaired) electrons. The predicted octanol–water partition coefficient (Wildman–Crippen LogP) is 5.64. The Labute approximate surface area is 199 Å². The molecule has 0 spiro atoms. The van der Waals surface area contributed by atoms with Crippen molar-refractivity contribution in [2.24, 2.45) is 5.92 Å².